The normalized spacial score (nSPS) is 10.2. The summed E-state index contributed by atoms with van der Waals surface area (Å²) < 4.78 is 1.63. The highest BCUT2D eigenvalue weighted by Gasteiger charge is 2.18. The minimum atomic E-state index is -1.48. The number of carboxylic acids is 3. The Morgan fingerprint density at radius 3 is 1.91 bits per heavy atom. The van der Waals surface area contributed by atoms with Crippen LogP contribution in [-0.4, -0.2) is 42.8 Å². The summed E-state index contributed by atoms with van der Waals surface area (Å²) in [6, 6.07) is 2.81. The van der Waals surface area contributed by atoms with Gasteiger partial charge >= 0.3 is 17.9 Å². The van der Waals surface area contributed by atoms with Gasteiger partial charge in [0.25, 0.3) is 0 Å². The van der Waals surface area contributed by atoms with Gasteiger partial charge in [0, 0.05) is 12.6 Å². The lowest BCUT2D eigenvalue weighted by Crippen LogP contribution is -2.10. The molecule has 0 atom stereocenters. The van der Waals surface area contributed by atoms with E-state index in [1.807, 2.05) is 6.20 Å². The Hall–Kier alpha value is -3.67. The third-order valence-electron chi connectivity index (χ3n) is 5.53. The maximum Gasteiger partial charge on any atom is 0.336 e. The number of unbranched alkanes of at least 4 members (excludes halogenated alkanes) is 8. The maximum atomic E-state index is 10.6. The molecule has 190 valence electrons. The summed E-state index contributed by atoms with van der Waals surface area (Å²) in [5.74, 6) is -3.26. The molecule has 0 saturated heterocycles. The van der Waals surface area contributed by atoms with Crippen molar-refractivity contribution in [3.05, 3.63) is 52.6 Å². The summed E-state index contributed by atoms with van der Waals surface area (Å²) in [6.07, 6.45) is 17.9. The minimum absolute atomic E-state index is 0.266. The zero-order chi connectivity index (χ0) is 26.2. The smallest absolute Gasteiger partial charge is 0.336 e. The van der Waals surface area contributed by atoms with Gasteiger partial charge in [-0.05, 0) is 31.0 Å². The lowest BCUT2D eigenvalue weighted by Gasteiger charge is -2.02. The average Bonchev–Trinajstić information content (AvgIpc) is 3.25. The van der Waals surface area contributed by atoms with E-state index in [-0.39, 0.29) is 5.56 Å². The first-order valence-electron chi connectivity index (χ1n) is 12.1. The van der Waals surface area contributed by atoms with Crippen molar-refractivity contribution in [1.82, 2.24) is 9.55 Å². The van der Waals surface area contributed by atoms with Crippen LogP contribution in [0.5, 0.6) is 0 Å². The van der Waals surface area contributed by atoms with Crippen LogP contribution in [0.2, 0.25) is 0 Å². The van der Waals surface area contributed by atoms with Crippen molar-refractivity contribution < 1.29 is 29.7 Å². The molecule has 0 unspecified atom stereocenters. The van der Waals surface area contributed by atoms with Gasteiger partial charge in [-0.15, -0.1) is 0 Å². The number of carbonyl (C=O) groups is 3. The molecule has 1 heterocycles. The number of aromatic carboxylic acids is 3. The molecule has 0 aliphatic heterocycles. The fraction of sp³-hybridized carbons (Fsp3) is 0.500. The van der Waals surface area contributed by atoms with Gasteiger partial charge in [-0.1, -0.05) is 65.2 Å². The highest BCUT2D eigenvalue weighted by molar-refractivity contribution is 6.03. The molecule has 0 fully saturated rings. The summed E-state index contributed by atoms with van der Waals surface area (Å²) in [5, 5.41) is 34.9. The van der Waals surface area contributed by atoms with Crippen LogP contribution in [0.1, 0.15) is 114 Å². The van der Waals surface area contributed by atoms with Crippen LogP contribution >= 0.6 is 0 Å². The van der Waals surface area contributed by atoms with Gasteiger partial charge in [-0.25, -0.2) is 23.9 Å². The van der Waals surface area contributed by atoms with E-state index in [2.05, 4.69) is 25.0 Å². The Kier molecular flexibility index (Phi) is 13.5. The fourth-order valence-corrected chi connectivity index (χ4v) is 3.54. The molecular formula is C26H35N3O6. The molecule has 2 aromatic rings. The van der Waals surface area contributed by atoms with E-state index in [4.69, 9.17) is 20.6 Å². The Morgan fingerprint density at radius 2 is 1.43 bits per heavy atom. The number of rotatable bonds is 14. The summed E-state index contributed by atoms with van der Waals surface area (Å²) in [6.45, 7) is 4.33. The first-order valence-corrected chi connectivity index (χ1v) is 12.1. The molecule has 35 heavy (non-hydrogen) atoms. The first kappa shape index (κ1) is 29.4. The van der Waals surface area contributed by atoms with Gasteiger partial charge in [-0.3, -0.25) is 0 Å². The monoisotopic (exact) mass is 485 g/mol. The second-order valence-electron chi connectivity index (χ2n) is 8.23. The number of benzene rings is 1. The summed E-state index contributed by atoms with van der Waals surface area (Å²) in [7, 11) is 0. The van der Waals surface area contributed by atoms with E-state index in [0.717, 1.165) is 49.0 Å². The molecular weight excluding hydrogens is 450 g/mol. The second-order valence-corrected chi connectivity index (χ2v) is 8.23. The number of nitriles is 1. The number of carboxylic acid groups (broad SMARTS) is 3. The van der Waals surface area contributed by atoms with Gasteiger partial charge in [0.15, 0.2) is 6.19 Å². The molecule has 3 N–H and O–H groups in total. The molecule has 9 nitrogen and oxygen atoms in total. The first-order chi connectivity index (χ1) is 16.7. The second kappa shape index (κ2) is 16.0. The third kappa shape index (κ3) is 10.4. The van der Waals surface area contributed by atoms with Crippen molar-refractivity contribution >= 4 is 17.9 Å². The Morgan fingerprint density at radius 1 is 0.857 bits per heavy atom. The predicted octanol–water partition coefficient (Wildman–Crippen LogP) is 5.63. The summed E-state index contributed by atoms with van der Waals surface area (Å²) in [4.78, 5) is 36.3. The lowest BCUT2D eigenvalue weighted by atomic mass is 10.0. The zero-order valence-corrected chi connectivity index (χ0v) is 20.5. The van der Waals surface area contributed by atoms with Gasteiger partial charge < -0.3 is 15.3 Å². The van der Waals surface area contributed by atoms with Gasteiger partial charge in [0.1, 0.15) is 5.82 Å². The third-order valence-corrected chi connectivity index (χ3v) is 5.53. The fourth-order valence-electron chi connectivity index (χ4n) is 3.54. The molecule has 0 radical (unpaired) electrons. The van der Waals surface area contributed by atoms with E-state index < -0.39 is 29.0 Å². The highest BCUT2D eigenvalue weighted by Crippen LogP contribution is 2.13. The summed E-state index contributed by atoms with van der Waals surface area (Å²) in [5.41, 5.74) is -0.218. The van der Waals surface area contributed by atoms with Crippen LogP contribution in [0.25, 0.3) is 0 Å². The van der Waals surface area contributed by atoms with Crippen LogP contribution in [-0.2, 0) is 12.8 Å². The van der Waals surface area contributed by atoms with Crippen molar-refractivity contribution in [2.45, 2.75) is 84.5 Å². The van der Waals surface area contributed by atoms with Crippen molar-refractivity contribution in [3.8, 4) is 6.19 Å². The molecule has 1 aromatic carbocycles. The molecule has 0 spiro atoms. The van der Waals surface area contributed by atoms with Crippen LogP contribution < -0.4 is 0 Å². The van der Waals surface area contributed by atoms with Crippen molar-refractivity contribution in [1.29, 1.82) is 5.26 Å². The molecule has 2 rings (SSSR count). The number of hydrogen-bond donors (Lipinski definition) is 3. The number of imidazole rings is 1. The summed E-state index contributed by atoms with van der Waals surface area (Å²) >= 11 is 0. The standard InChI is InChI=1S/C17H29N3.C9H6O6/c1-3-5-6-7-8-9-10-11-12-13-17-19-16(4-2)14-20(17)15-18;10-7(11)4-1-2-5(8(12)13)6(3-4)9(14)15/h14H,3-13H2,1-2H3;1-3H,(H,10,11)(H,12,13)(H,14,15). The van der Waals surface area contributed by atoms with Gasteiger partial charge in [0.05, 0.1) is 22.4 Å². The zero-order valence-electron chi connectivity index (χ0n) is 20.5. The Bertz CT molecular complexity index is 1020. The predicted molar refractivity (Wildman–Crippen MR) is 131 cm³/mol. The molecule has 9 heteroatoms. The topological polar surface area (TPSA) is 154 Å². The van der Waals surface area contributed by atoms with Crippen LogP contribution in [0, 0.1) is 11.5 Å². The van der Waals surface area contributed by atoms with Crippen molar-refractivity contribution in [2.75, 3.05) is 0 Å². The van der Waals surface area contributed by atoms with Crippen molar-refractivity contribution in [3.63, 3.8) is 0 Å². The molecule has 0 saturated carbocycles. The molecule has 0 aliphatic rings. The van der Waals surface area contributed by atoms with E-state index in [1.165, 1.54) is 51.4 Å². The number of aryl methyl sites for hydroxylation is 2. The van der Waals surface area contributed by atoms with Gasteiger partial charge in [0.2, 0.25) is 0 Å². The number of hydrogen-bond acceptors (Lipinski definition) is 5. The quantitative estimate of drug-likeness (QED) is 0.291. The Labute approximate surface area is 206 Å². The molecule has 0 bridgehead atoms. The molecule has 0 amide bonds. The van der Waals surface area contributed by atoms with E-state index in [0.29, 0.717) is 0 Å². The lowest BCUT2D eigenvalue weighted by molar-refractivity contribution is 0.0649. The largest absolute Gasteiger partial charge is 0.478 e. The SMILES string of the molecule is CCCCCCCCCCCc1nc(CC)cn1C#N.O=C(O)c1ccc(C(=O)O)c(C(=O)O)c1. The van der Waals surface area contributed by atoms with Crippen LogP contribution in [0.3, 0.4) is 0 Å². The van der Waals surface area contributed by atoms with Crippen LogP contribution in [0.4, 0.5) is 0 Å². The van der Waals surface area contributed by atoms with Gasteiger partial charge in [-0.2, -0.15) is 5.26 Å². The maximum absolute atomic E-state index is 10.6. The number of nitrogens with zero attached hydrogens (tertiary/aromatic N) is 3. The van der Waals surface area contributed by atoms with E-state index in [1.54, 1.807) is 4.57 Å². The Balaban J connectivity index is 0.000000365. The molecule has 1 aromatic heterocycles. The average molecular weight is 486 g/mol. The number of aromatic nitrogens is 2. The van der Waals surface area contributed by atoms with E-state index in [9.17, 15) is 14.4 Å². The molecule has 0 aliphatic carbocycles. The van der Waals surface area contributed by atoms with Crippen LogP contribution in [0.15, 0.2) is 24.4 Å². The minimum Gasteiger partial charge on any atom is -0.478 e. The highest BCUT2D eigenvalue weighted by atomic mass is 16.4. The van der Waals surface area contributed by atoms with E-state index >= 15 is 0 Å². The van der Waals surface area contributed by atoms with Crippen molar-refractivity contribution in [2.24, 2.45) is 0 Å².